The number of nitrogens with zero attached hydrogens (tertiary/aromatic N) is 3. The summed E-state index contributed by atoms with van der Waals surface area (Å²) in [6, 6.07) is 7.06. The van der Waals surface area contributed by atoms with Gasteiger partial charge in [-0.2, -0.15) is 18.3 Å². The lowest BCUT2D eigenvalue weighted by Gasteiger charge is -2.37. The van der Waals surface area contributed by atoms with E-state index in [1.54, 1.807) is 6.07 Å². The fraction of sp³-hybridized carbons (Fsp3) is 0.333. The van der Waals surface area contributed by atoms with Crippen LogP contribution in [0.25, 0.3) is 0 Å². The van der Waals surface area contributed by atoms with Gasteiger partial charge < -0.3 is 5.11 Å². The van der Waals surface area contributed by atoms with E-state index in [0.717, 1.165) is 16.8 Å². The smallest absolute Gasteiger partial charge is 0.362 e. The molecule has 2 aliphatic rings. The number of alkyl halides is 3. The Labute approximate surface area is 133 Å². The monoisotopic (exact) mass is 365 g/mol. The van der Waals surface area contributed by atoms with Gasteiger partial charge >= 0.3 is 6.18 Å². The molecule has 6 nitrogen and oxygen atoms in total. The second-order valence-electron chi connectivity index (χ2n) is 4.91. The molecule has 23 heavy (non-hydrogen) atoms. The highest BCUT2D eigenvalue weighted by atomic mass is 32.2. The summed E-state index contributed by atoms with van der Waals surface area (Å²) in [7, 11) is -4.19. The predicted molar refractivity (Wildman–Crippen MR) is 78.4 cm³/mol. The van der Waals surface area contributed by atoms with Crippen LogP contribution in [0.3, 0.4) is 0 Å². The maximum atomic E-state index is 13.1. The van der Waals surface area contributed by atoms with E-state index in [1.807, 2.05) is 0 Å². The number of fused-ring (bicyclic) bond motifs is 1. The Morgan fingerprint density at radius 3 is 2.57 bits per heavy atom. The molecule has 0 saturated heterocycles. The van der Waals surface area contributed by atoms with Crippen LogP contribution in [0.4, 0.5) is 13.2 Å². The summed E-state index contributed by atoms with van der Waals surface area (Å²) in [4.78, 5) is 3.10. The number of rotatable bonds is 2. The normalized spacial score (nSPS) is 27.7. The van der Waals surface area contributed by atoms with Crippen LogP contribution in [0.15, 0.2) is 45.3 Å². The van der Waals surface area contributed by atoms with E-state index in [0.29, 0.717) is 0 Å². The molecule has 2 atom stereocenters. The van der Waals surface area contributed by atoms with Gasteiger partial charge in [0.05, 0.1) is 10.4 Å². The number of amidine groups is 1. The molecular formula is C12H10F3N3O3S2. The van der Waals surface area contributed by atoms with Gasteiger partial charge in [-0.25, -0.2) is 18.4 Å². The van der Waals surface area contributed by atoms with Crippen molar-refractivity contribution >= 4 is 32.3 Å². The molecule has 1 N–H and O–H groups in total. The zero-order valence-corrected chi connectivity index (χ0v) is 12.9. The van der Waals surface area contributed by atoms with Crippen molar-refractivity contribution in [2.45, 2.75) is 28.6 Å². The first-order chi connectivity index (χ1) is 10.7. The third kappa shape index (κ3) is 2.62. The zero-order chi connectivity index (χ0) is 16.9. The average molecular weight is 365 g/mol. The summed E-state index contributed by atoms with van der Waals surface area (Å²) in [5, 5.41) is 12.5. The molecule has 0 fully saturated rings. The van der Waals surface area contributed by atoms with Crippen LogP contribution in [0.2, 0.25) is 0 Å². The van der Waals surface area contributed by atoms with Crippen LogP contribution in [-0.4, -0.2) is 46.5 Å². The first-order valence-electron chi connectivity index (χ1n) is 6.31. The maximum Gasteiger partial charge on any atom is 0.438 e. The van der Waals surface area contributed by atoms with E-state index < -0.39 is 33.5 Å². The summed E-state index contributed by atoms with van der Waals surface area (Å²) < 4.78 is 64.8. The minimum atomic E-state index is -5.10. The fourth-order valence-electron chi connectivity index (χ4n) is 2.22. The van der Waals surface area contributed by atoms with Gasteiger partial charge in [-0.1, -0.05) is 18.2 Å². The summed E-state index contributed by atoms with van der Waals surface area (Å²) in [5.74, 6) is 0. The minimum Gasteiger partial charge on any atom is -0.362 e. The van der Waals surface area contributed by atoms with E-state index in [4.69, 9.17) is 0 Å². The second-order valence-corrected chi connectivity index (χ2v) is 7.83. The third-order valence-electron chi connectivity index (χ3n) is 3.42. The standard InChI is InChI=1S/C12H10F3N3O3S2/c13-12(14,15)11(19)6-9(18-10(17-11)22-7-16-18)23(20,21)8-4-2-1-3-5-8/h1-5,7,9,19H,6H2/t9-,11-/m1/s1. The van der Waals surface area contributed by atoms with Gasteiger partial charge in [0.1, 0.15) is 0 Å². The maximum absolute atomic E-state index is 13.1. The summed E-state index contributed by atoms with van der Waals surface area (Å²) in [5.41, 5.74) is -2.29. The second kappa shape index (κ2) is 5.21. The molecule has 1 aromatic carbocycles. The molecule has 0 amide bonds. The lowest BCUT2D eigenvalue weighted by molar-refractivity contribution is -0.262. The third-order valence-corrected chi connectivity index (χ3v) is 6.12. The van der Waals surface area contributed by atoms with Crippen molar-refractivity contribution in [3.63, 3.8) is 0 Å². The number of hydrogen-bond donors (Lipinski definition) is 1. The van der Waals surface area contributed by atoms with E-state index in [-0.39, 0.29) is 10.1 Å². The van der Waals surface area contributed by atoms with Gasteiger partial charge in [0.25, 0.3) is 5.72 Å². The molecule has 0 radical (unpaired) electrons. The van der Waals surface area contributed by atoms with Gasteiger partial charge in [-0.05, 0) is 23.9 Å². The highest BCUT2D eigenvalue weighted by molar-refractivity contribution is 8.25. The number of aliphatic imine (C=N–C) groups is 1. The van der Waals surface area contributed by atoms with E-state index in [1.165, 1.54) is 29.8 Å². The lowest BCUT2D eigenvalue weighted by Crippen LogP contribution is -2.55. The number of hydrogen-bond acceptors (Lipinski definition) is 7. The number of thioether (sulfide) groups is 1. The van der Waals surface area contributed by atoms with Crippen molar-refractivity contribution in [3.05, 3.63) is 30.3 Å². The first-order valence-corrected chi connectivity index (χ1v) is 8.74. The van der Waals surface area contributed by atoms with Crippen LogP contribution in [0.1, 0.15) is 6.42 Å². The Hall–Kier alpha value is -1.59. The van der Waals surface area contributed by atoms with Crippen LogP contribution >= 0.6 is 11.8 Å². The highest BCUT2D eigenvalue weighted by Crippen LogP contribution is 2.43. The van der Waals surface area contributed by atoms with Gasteiger partial charge in [0.2, 0.25) is 9.84 Å². The summed E-state index contributed by atoms with van der Waals surface area (Å²) in [6.07, 6.45) is -6.26. The largest absolute Gasteiger partial charge is 0.438 e. The Morgan fingerprint density at radius 1 is 1.30 bits per heavy atom. The molecule has 1 aromatic rings. The topological polar surface area (TPSA) is 82.3 Å². The molecule has 11 heteroatoms. The number of hydrazone groups is 1. The summed E-state index contributed by atoms with van der Waals surface area (Å²) >= 11 is 0.720. The van der Waals surface area contributed by atoms with Crippen LogP contribution in [0, 0.1) is 0 Å². The molecule has 2 aliphatic heterocycles. The van der Waals surface area contributed by atoms with E-state index in [2.05, 4.69) is 10.1 Å². The fourth-order valence-corrected chi connectivity index (χ4v) is 4.74. The molecule has 3 rings (SSSR count). The van der Waals surface area contributed by atoms with Crippen LogP contribution < -0.4 is 0 Å². The molecule has 0 spiro atoms. The van der Waals surface area contributed by atoms with E-state index in [9.17, 15) is 26.7 Å². The number of sulfone groups is 1. The Bertz CT molecular complexity index is 780. The molecule has 0 bridgehead atoms. The molecular weight excluding hydrogens is 355 g/mol. The highest BCUT2D eigenvalue weighted by Gasteiger charge is 2.61. The van der Waals surface area contributed by atoms with Crippen LogP contribution in [0.5, 0.6) is 0 Å². The quantitative estimate of drug-likeness (QED) is 0.864. The van der Waals surface area contributed by atoms with Crippen molar-refractivity contribution in [1.82, 2.24) is 5.01 Å². The molecule has 0 saturated carbocycles. The average Bonchev–Trinajstić information content (AvgIpc) is 2.94. The summed E-state index contributed by atoms with van der Waals surface area (Å²) in [6.45, 7) is 0. The van der Waals surface area contributed by atoms with E-state index >= 15 is 0 Å². The Morgan fingerprint density at radius 2 is 1.96 bits per heavy atom. The zero-order valence-electron chi connectivity index (χ0n) is 11.3. The molecule has 0 unspecified atom stereocenters. The van der Waals surface area contributed by atoms with Crippen molar-refractivity contribution in [2.75, 3.05) is 0 Å². The Balaban J connectivity index is 2.09. The van der Waals surface area contributed by atoms with Crippen molar-refractivity contribution < 1.29 is 26.7 Å². The first kappa shape index (κ1) is 16.3. The van der Waals surface area contributed by atoms with Gasteiger partial charge in [-0.3, -0.25) is 0 Å². The van der Waals surface area contributed by atoms with Crippen molar-refractivity contribution in [3.8, 4) is 0 Å². The molecule has 2 heterocycles. The van der Waals surface area contributed by atoms with Crippen LogP contribution in [-0.2, 0) is 9.84 Å². The molecule has 0 aromatic heterocycles. The Kier molecular flexibility index (Phi) is 3.69. The predicted octanol–water partition coefficient (Wildman–Crippen LogP) is 1.79. The number of halogens is 3. The lowest BCUT2D eigenvalue weighted by atomic mass is 10.1. The van der Waals surface area contributed by atoms with Gasteiger partial charge in [0, 0.05) is 6.42 Å². The number of aliphatic hydroxyl groups is 1. The van der Waals surface area contributed by atoms with Gasteiger partial charge in [-0.15, -0.1) is 0 Å². The van der Waals surface area contributed by atoms with Gasteiger partial charge in [0.15, 0.2) is 10.5 Å². The SMILES string of the molecule is O=S(=O)(c1ccccc1)[C@@H]1C[C@@](O)(C(F)(F)F)N=C2SC=NN21. The molecule has 0 aliphatic carbocycles. The molecule has 124 valence electrons. The van der Waals surface area contributed by atoms with Crippen molar-refractivity contribution in [2.24, 2.45) is 10.1 Å². The van der Waals surface area contributed by atoms with Crippen molar-refractivity contribution in [1.29, 1.82) is 0 Å². The minimum absolute atomic E-state index is 0.150. The number of benzene rings is 1.